The Morgan fingerprint density at radius 2 is 1.74 bits per heavy atom. The van der Waals surface area contributed by atoms with Gasteiger partial charge in [0, 0.05) is 0 Å². The van der Waals surface area contributed by atoms with Gasteiger partial charge in [0.2, 0.25) is 0 Å². The third-order valence-electron chi connectivity index (χ3n) is 2.92. The molecule has 0 N–H and O–H groups in total. The molecule has 0 saturated heterocycles. The van der Waals surface area contributed by atoms with Crippen LogP contribution >= 0.6 is 41.9 Å². The van der Waals surface area contributed by atoms with Crippen molar-refractivity contribution in [1.29, 1.82) is 0 Å². The van der Waals surface area contributed by atoms with Crippen LogP contribution in [0.1, 0.15) is 51.9 Å². The first kappa shape index (κ1) is 17.5. The molecule has 0 aliphatic carbocycles. The maximum absolute atomic E-state index is 6.34. The summed E-state index contributed by atoms with van der Waals surface area (Å²) in [6.07, 6.45) is 8.99. The fourth-order valence-electron chi connectivity index (χ4n) is 1.83. The first-order valence-electron chi connectivity index (χ1n) is 7.00. The van der Waals surface area contributed by atoms with E-state index in [1.165, 1.54) is 42.1 Å². The molecule has 0 saturated carbocycles. The van der Waals surface area contributed by atoms with Gasteiger partial charge in [-0.2, -0.15) is 0 Å². The molecule has 0 aliphatic heterocycles. The first-order valence-corrected chi connectivity index (χ1v) is 14.5. The molecule has 0 atom stereocenters. The molecule has 0 unspecified atom stereocenters. The fraction of sp³-hybridized carbons (Fsp3) is 0.500. The Morgan fingerprint density at radius 3 is 2.42 bits per heavy atom. The summed E-state index contributed by atoms with van der Waals surface area (Å²) in [5.74, 6) is 0. The zero-order valence-electron chi connectivity index (χ0n) is 11.5. The zero-order valence-corrected chi connectivity index (χ0v) is 16.0. The second-order valence-electron chi connectivity index (χ2n) is 4.63. The van der Waals surface area contributed by atoms with Gasteiger partial charge in [-0.3, -0.25) is 0 Å². The molecule has 0 nitrogen and oxygen atoms in total. The summed E-state index contributed by atoms with van der Waals surface area (Å²) in [6.45, 7) is 2.25. The molecule has 0 amide bonds. The normalized spacial score (nSPS) is 12.6. The van der Waals surface area contributed by atoms with E-state index >= 15 is 0 Å². The van der Waals surface area contributed by atoms with Gasteiger partial charge in [0.15, 0.2) is 0 Å². The quantitative estimate of drug-likeness (QED) is 0.266. The Bertz CT molecular complexity index is 364. The van der Waals surface area contributed by atoms with Crippen LogP contribution in [0.3, 0.4) is 0 Å². The predicted octanol–water partition coefficient (Wildman–Crippen LogP) is 7.50. The van der Waals surface area contributed by atoms with Crippen LogP contribution in [0.2, 0.25) is 0 Å². The van der Waals surface area contributed by atoms with Crippen molar-refractivity contribution in [3.8, 4) is 0 Å². The van der Waals surface area contributed by atoms with E-state index in [0.717, 1.165) is 11.5 Å². The van der Waals surface area contributed by atoms with Gasteiger partial charge in [0.25, 0.3) is 0 Å². The van der Waals surface area contributed by atoms with E-state index in [1.807, 2.05) is 0 Å². The van der Waals surface area contributed by atoms with E-state index in [2.05, 4.69) is 54.0 Å². The summed E-state index contributed by atoms with van der Waals surface area (Å²) in [5, 5.41) is 1.04. The Balaban J connectivity index is 2.25. The average Bonchev–Trinajstić information content (AvgIpc) is 2.43. The molecular formula is C16H23BrClI. The molecule has 3 heteroatoms. The molecule has 0 fully saturated rings. The van der Waals surface area contributed by atoms with Gasteiger partial charge in [0.1, 0.15) is 0 Å². The van der Waals surface area contributed by atoms with E-state index in [1.54, 1.807) is 0 Å². The number of allylic oxidation sites excluding steroid dienone is 1. The van der Waals surface area contributed by atoms with Crippen LogP contribution in [0.4, 0.5) is 0 Å². The Hall–Kier alpha value is 0.460. The predicted molar refractivity (Wildman–Crippen MR) is 100 cm³/mol. The summed E-state index contributed by atoms with van der Waals surface area (Å²) in [4.78, 5) is 0. The molecule has 0 bridgehead atoms. The summed E-state index contributed by atoms with van der Waals surface area (Å²) in [7, 11) is 0. The van der Waals surface area contributed by atoms with Crippen LogP contribution in [0.5, 0.6) is 0 Å². The number of hydrogen-bond donors (Lipinski definition) is 0. The Kier molecular flexibility index (Phi) is 10.3. The van der Waals surface area contributed by atoms with Crippen molar-refractivity contribution in [2.75, 3.05) is 0 Å². The average molecular weight is 458 g/mol. The van der Waals surface area contributed by atoms with E-state index < -0.39 is 17.6 Å². The molecule has 0 radical (unpaired) electrons. The first-order chi connectivity index (χ1) is 9.24. The summed E-state index contributed by atoms with van der Waals surface area (Å²) in [6, 6.07) is 10.6. The third-order valence-corrected chi connectivity index (χ3v) is 10.3. The molecule has 108 valence electrons. The number of rotatable bonds is 9. The summed E-state index contributed by atoms with van der Waals surface area (Å²) >= 11 is 8.81. The monoisotopic (exact) mass is 456 g/mol. The van der Waals surface area contributed by atoms with Crippen LogP contribution in [-0.2, 0) is 0 Å². The van der Waals surface area contributed by atoms with Gasteiger partial charge in [-0.1, -0.05) is 0 Å². The van der Waals surface area contributed by atoms with Gasteiger partial charge < -0.3 is 0 Å². The van der Waals surface area contributed by atoms with Crippen LogP contribution < -0.4 is 0 Å². The molecule has 1 aromatic carbocycles. The molecule has 1 aromatic rings. The van der Waals surface area contributed by atoms with Gasteiger partial charge in [0.05, 0.1) is 0 Å². The number of hydrogen-bond acceptors (Lipinski definition) is 0. The molecule has 19 heavy (non-hydrogen) atoms. The van der Waals surface area contributed by atoms with E-state index in [-0.39, 0.29) is 0 Å². The third kappa shape index (κ3) is 8.36. The van der Waals surface area contributed by atoms with Crippen molar-refractivity contribution in [3.63, 3.8) is 0 Å². The zero-order chi connectivity index (χ0) is 13.9. The SMILES string of the molecule is CCCCCCCC/C(Cl)=C/I(Br)c1ccccc1. The van der Waals surface area contributed by atoms with E-state index in [0.29, 0.717) is 0 Å². The van der Waals surface area contributed by atoms with Crippen LogP contribution in [0.15, 0.2) is 39.4 Å². The van der Waals surface area contributed by atoms with E-state index in [4.69, 9.17) is 11.6 Å². The van der Waals surface area contributed by atoms with Crippen molar-refractivity contribution in [3.05, 3.63) is 43.0 Å². The van der Waals surface area contributed by atoms with E-state index in [9.17, 15) is 0 Å². The standard InChI is InChI=1S/C16H23BrClI/c1-2-3-4-5-6-8-11-15(18)14-19(17)16-12-9-7-10-13-16/h7,9-10,12-14H,2-6,8,11H2,1H3/b15-14-. The van der Waals surface area contributed by atoms with Crippen molar-refractivity contribution in [1.82, 2.24) is 0 Å². The minimum absolute atomic E-state index is 1.04. The van der Waals surface area contributed by atoms with Gasteiger partial charge >= 0.3 is 137 Å². The number of benzene rings is 1. The maximum atomic E-state index is 6.34. The van der Waals surface area contributed by atoms with Gasteiger partial charge in [-0.25, -0.2) is 0 Å². The molecule has 0 heterocycles. The summed E-state index contributed by atoms with van der Waals surface area (Å²) < 4.78 is 3.68. The second kappa shape index (κ2) is 11.2. The molecule has 0 aromatic heterocycles. The Morgan fingerprint density at radius 1 is 1.11 bits per heavy atom. The Labute approximate surface area is 136 Å². The molecule has 1 rings (SSSR count). The van der Waals surface area contributed by atoms with Crippen molar-refractivity contribution in [2.45, 2.75) is 51.9 Å². The van der Waals surface area contributed by atoms with Gasteiger partial charge in [-0.05, 0) is 0 Å². The van der Waals surface area contributed by atoms with Crippen molar-refractivity contribution >= 4 is 41.9 Å². The number of unbranched alkanes of at least 4 members (excludes halogenated alkanes) is 5. The van der Waals surface area contributed by atoms with Crippen LogP contribution in [0, 0.1) is 3.57 Å². The second-order valence-corrected chi connectivity index (χ2v) is 12.8. The number of halogens is 3. The van der Waals surface area contributed by atoms with Crippen molar-refractivity contribution in [2.24, 2.45) is 0 Å². The molecule has 0 aliphatic rings. The minimum atomic E-state index is -1.35. The summed E-state index contributed by atoms with van der Waals surface area (Å²) in [5.41, 5.74) is 0. The fourth-order valence-corrected chi connectivity index (χ4v) is 8.29. The topological polar surface area (TPSA) is 0 Å². The van der Waals surface area contributed by atoms with Crippen LogP contribution in [-0.4, -0.2) is 0 Å². The molecular weight excluding hydrogens is 434 g/mol. The molecule has 0 spiro atoms. The van der Waals surface area contributed by atoms with Gasteiger partial charge in [-0.15, -0.1) is 0 Å². The van der Waals surface area contributed by atoms with Crippen LogP contribution in [0.25, 0.3) is 0 Å². The van der Waals surface area contributed by atoms with Crippen molar-refractivity contribution < 1.29 is 0 Å².